The molecule has 0 bridgehead atoms. The van der Waals surface area contributed by atoms with E-state index in [1.165, 1.54) is 12.1 Å². The molecule has 4 nitrogen and oxygen atoms in total. The van der Waals surface area contributed by atoms with E-state index in [1.54, 1.807) is 12.3 Å². The number of anilines is 4. The van der Waals surface area contributed by atoms with Crippen LogP contribution in [0.15, 0.2) is 91.1 Å². The van der Waals surface area contributed by atoms with Gasteiger partial charge in [-0.05, 0) is 53.6 Å². The van der Waals surface area contributed by atoms with Crippen molar-refractivity contribution in [3.63, 3.8) is 0 Å². The minimum absolute atomic E-state index is 0.277. The molecule has 3 aromatic carbocycles. The minimum atomic E-state index is -4.37. The molecule has 4 aromatic rings. The molecule has 0 saturated heterocycles. The van der Waals surface area contributed by atoms with Gasteiger partial charge in [0.05, 0.1) is 5.56 Å². The van der Waals surface area contributed by atoms with Gasteiger partial charge in [-0.15, -0.1) is 0 Å². The molecule has 150 valence electrons. The van der Waals surface area contributed by atoms with Gasteiger partial charge >= 0.3 is 6.18 Å². The van der Waals surface area contributed by atoms with E-state index in [0.717, 1.165) is 28.9 Å². The zero-order chi connectivity index (χ0) is 21.0. The fourth-order valence-corrected chi connectivity index (χ4v) is 2.92. The molecule has 4 rings (SSSR count). The van der Waals surface area contributed by atoms with E-state index in [4.69, 9.17) is 0 Å². The Morgan fingerprint density at radius 3 is 2.13 bits per heavy atom. The van der Waals surface area contributed by atoms with E-state index in [0.29, 0.717) is 11.5 Å². The van der Waals surface area contributed by atoms with Gasteiger partial charge in [-0.3, -0.25) is 0 Å². The number of rotatable bonds is 5. The van der Waals surface area contributed by atoms with E-state index < -0.39 is 11.7 Å². The number of alkyl halides is 3. The maximum atomic E-state index is 12.7. The van der Waals surface area contributed by atoms with Crippen molar-refractivity contribution < 1.29 is 13.2 Å². The van der Waals surface area contributed by atoms with Crippen LogP contribution in [0, 0.1) is 0 Å². The van der Waals surface area contributed by atoms with Crippen LogP contribution in [0.25, 0.3) is 11.1 Å². The zero-order valence-corrected chi connectivity index (χ0v) is 15.7. The van der Waals surface area contributed by atoms with Gasteiger partial charge in [0.1, 0.15) is 5.82 Å². The Bertz CT molecular complexity index is 1130. The summed E-state index contributed by atoms with van der Waals surface area (Å²) >= 11 is 0. The van der Waals surface area contributed by atoms with E-state index >= 15 is 0 Å². The molecule has 0 fully saturated rings. The maximum Gasteiger partial charge on any atom is 0.416 e. The summed E-state index contributed by atoms with van der Waals surface area (Å²) < 4.78 is 38.1. The average molecular weight is 406 g/mol. The van der Waals surface area contributed by atoms with Crippen LogP contribution in [0.5, 0.6) is 0 Å². The molecule has 30 heavy (non-hydrogen) atoms. The van der Waals surface area contributed by atoms with Crippen molar-refractivity contribution in [3.05, 3.63) is 96.7 Å². The molecule has 0 unspecified atom stereocenters. The molecule has 0 aliphatic rings. The van der Waals surface area contributed by atoms with Crippen molar-refractivity contribution in [2.45, 2.75) is 6.18 Å². The van der Waals surface area contributed by atoms with Gasteiger partial charge in [-0.25, -0.2) is 4.98 Å². The van der Waals surface area contributed by atoms with Crippen molar-refractivity contribution in [1.29, 1.82) is 0 Å². The third-order valence-corrected chi connectivity index (χ3v) is 4.37. The van der Waals surface area contributed by atoms with Crippen LogP contribution < -0.4 is 10.6 Å². The highest BCUT2D eigenvalue weighted by molar-refractivity contribution is 5.70. The quantitative estimate of drug-likeness (QED) is 0.390. The van der Waals surface area contributed by atoms with Gasteiger partial charge in [-0.1, -0.05) is 42.5 Å². The van der Waals surface area contributed by atoms with Gasteiger partial charge in [0.25, 0.3) is 0 Å². The summed E-state index contributed by atoms with van der Waals surface area (Å²) in [6, 6.07) is 24.4. The molecule has 0 saturated carbocycles. The number of hydrogen-bond donors (Lipinski definition) is 2. The summed E-state index contributed by atoms with van der Waals surface area (Å²) in [5, 5.41) is 6.15. The van der Waals surface area contributed by atoms with Gasteiger partial charge in [-0.2, -0.15) is 18.2 Å². The molecule has 7 heteroatoms. The highest BCUT2D eigenvalue weighted by atomic mass is 19.4. The van der Waals surface area contributed by atoms with Crippen LogP contribution >= 0.6 is 0 Å². The van der Waals surface area contributed by atoms with E-state index in [2.05, 4.69) is 20.6 Å². The van der Waals surface area contributed by atoms with Crippen molar-refractivity contribution in [2.24, 2.45) is 0 Å². The molecular weight excluding hydrogens is 389 g/mol. The monoisotopic (exact) mass is 406 g/mol. The lowest BCUT2D eigenvalue weighted by atomic mass is 10.1. The molecule has 0 aliphatic heterocycles. The van der Waals surface area contributed by atoms with Gasteiger partial charge in [0.15, 0.2) is 0 Å². The Labute approximate surface area is 171 Å². The number of hydrogen-bond acceptors (Lipinski definition) is 4. The fraction of sp³-hybridized carbons (Fsp3) is 0.0435. The molecule has 0 spiro atoms. The predicted octanol–water partition coefficient (Wildman–Crippen LogP) is 6.65. The molecule has 1 heterocycles. The van der Waals surface area contributed by atoms with Crippen molar-refractivity contribution in [3.8, 4) is 11.1 Å². The Morgan fingerprint density at radius 2 is 1.40 bits per heavy atom. The van der Waals surface area contributed by atoms with Crippen LogP contribution in [0.4, 0.5) is 36.3 Å². The highest BCUT2D eigenvalue weighted by Gasteiger charge is 2.29. The Kier molecular flexibility index (Phi) is 5.34. The van der Waals surface area contributed by atoms with Crippen LogP contribution in [0.3, 0.4) is 0 Å². The molecule has 0 aliphatic carbocycles. The molecule has 0 atom stereocenters. The SMILES string of the molecule is FC(F)(F)c1ccc(Nc2nccc(Nc3cccc(-c4ccccc4)c3)n2)cc1. The zero-order valence-electron chi connectivity index (χ0n) is 15.7. The van der Waals surface area contributed by atoms with Gasteiger partial charge in [0, 0.05) is 17.6 Å². The van der Waals surface area contributed by atoms with Crippen LogP contribution in [-0.4, -0.2) is 9.97 Å². The Balaban J connectivity index is 1.49. The van der Waals surface area contributed by atoms with Gasteiger partial charge in [0.2, 0.25) is 5.95 Å². The summed E-state index contributed by atoms with van der Waals surface area (Å²) in [5.41, 5.74) is 2.79. The molecule has 2 N–H and O–H groups in total. The summed E-state index contributed by atoms with van der Waals surface area (Å²) in [5.74, 6) is 0.837. The number of halogens is 3. The van der Waals surface area contributed by atoms with E-state index in [1.807, 2.05) is 54.6 Å². The molecule has 0 amide bonds. The first kappa shape index (κ1) is 19.4. The highest BCUT2D eigenvalue weighted by Crippen LogP contribution is 2.30. The lowest BCUT2D eigenvalue weighted by Crippen LogP contribution is -2.05. The van der Waals surface area contributed by atoms with Crippen molar-refractivity contribution in [1.82, 2.24) is 9.97 Å². The fourth-order valence-electron chi connectivity index (χ4n) is 2.92. The third kappa shape index (κ3) is 4.75. The first-order valence-corrected chi connectivity index (χ1v) is 9.17. The second-order valence-electron chi connectivity index (χ2n) is 6.54. The molecule has 1 aromatic heterocycles. The van der Waals surface area contributed by atoms with E-state index in [9.17, 15) is 13.2 Å². The van der Waals surface area contributed by atoms with Gasteiger partial charge < -0.3 is 10.6 Å². The second-order valence-corrected chi connectivity index (χ2v) is 6.54. The topological polar surface area (TPSA) is 49.8 Å². The molecule has 0 radical (unpaired) electrons. The standard InChI is InChI=1S/C23H17F3N4/c24-23(25,26)18-9-11-19(12-10-18)29-22-27-14-13-21(30-22)28-20-8-4-7-17(15-20)16-5-2-1-3-6-16/h1-15H,(H2,27,28,29,30). The Hall–Kier alpha value is -3.87. The predicted molar refractivity (Wildman–Crippen MR) is 112 cm³/mol. The lowest BCUT2D eigenvalue weighted by Gasteiger charge is -2.11. The maximum absolute atomic E-state index is 12.7. The summed E-state index contributed by atoms with van der Waals surface area (Å²) in [6.45, 7) is 0. The van der Waals surface area contributed by atoms with Crippen LogP contribution in [0.1, 0.15) is 5.56 Å². The largest absolute Gasteiger partial charge is 0.416 e. The normalized spacial score (nSPS) is 11.2. The van der Waals surface area contributed by atoms with Crippen molar-refractivity contribution >= 4 is 23.1 Å². The number of benzene rings is 3. The number of nitrogens with one attached hydrogen (secondary N) is 2. The average Bonchev–Trinajstić information content (AvgIpc) is 2.75. The first-order chi connectivity index (χ1) is 14.5. The van der Waals surface area contributed by atoms with Crippen LogP contribution in [0.2, 0.25) is 0 Å². The summed E-state index contributed by atoms with van der Waals surface area (Å²) in [4.78, 5) is 8.51. The smallest absolute Gasteiger partial charge is 0.340 e. The second kappa shape index (κ2) is 8.24. The number of aromatic nitrogens is 2. The summed E-state index contributed by atoms with van der Waals surface area (Å²) in [7, 11) is 0. The first-order valence-electron chi connectivity index (χ1n) is 9.17. The Morgan fingerprint density at radius 1 is 0.667 bits per heavy atom. The van der Waals surface area contributed by atoms with E-state index in [-0.39, 0.29) is 5.95 Å². The number of nitrogens with zero attached hydrogens (tertiary/aromatic N) is 2. The molecular formula is C23H17F3N4. The van der Waals surface area contributed by atoms with Crippen molar-refractivity contribution in [2.75, 3.05) is 10.6 Å². The minimum Gasteiger partial charge on any atom is -0.340 e. The summed E-state index contributed by atoms with van der Waals surface area (Å²) in [6.07, 6.45) is -2.80. The van der Waals surface area contributed by atoms with Crippen LogP contribution in [-0.2, 0) is 6.18 Å². The third-order valence-electron chi connectivity index (χ3n) is 4.37. The lowest BCUT2D eigenvalue weighted by molar-refractivity contribution is -0.137.